The third-order valence-electron chi connectivity index (χ3n) is 6.93. The van der Waals surface area contributed by atoms with Crippen LogP contribution in [0.3, 0.4) is 0 Å². The van der Waals surface area contributed by atoms with Gasteiger partial charge in [0.1, 0.15) is 17.6 Å². The highest BCUT2D eigenvalue weighted by atomic mass is 16.5. The lowest BCUT2D eigenvalue weighted by Crippen LogP contribution is -2.51. The minimum atomic E-state index is -0.557. The number of hydrogen-bond acceptors (Lipinski definition) is 6. The molecule has 9 heteroatoms. The first-order valence-electron chi connectivity index (χ1n) is 13.6. The van der Waals surface area contributed by atoms with E-state index in [2.05, 4.69) is 34.4 Å². The molecule has 3 heterocycles. The fourth-order valence-corrected chi connectivity index (χ4v) is 5.05. The van der Waals surface area contributed by atoms with Crippen molar-refractivity contribution in [2.45, 2.75) is 52.1 Å². The quantitative estimate of drug-likeness (QED) is 0.655. The van der Waals surface area contributed by atoms with Gasteiger partial charge in [-0.05, 0) is 49.7 Å². The number of imidazole rings is 1. The summed E-state index contributed by atoms with van der Waals surface area (Å²) in [6.07, 6.45) is 7.08. The summed E-state index contributed by atoms with van der Waals surface area (Å²) in [6.45, 7) is 9.12. The highest BCUT2D eigenvalue weighted by Gasteiger charge is 2.24. The predicted molar refractivity (Wildman–Crippen MR) is 142 cm³/mol. The molecule has 0 saturated carbocycles. The van der Waals surface area contributed by atoms with Crippen LogP contribution in [0.5, 0.6) is 5.75 Å². The molecule has 0 radical (unpaired) electrons. The first-order chi connectivity index (χ1) is 18.0. The van der Waals surface area contributed by atoms with Crippen molar-refractivity contribution in [3.63, 3.8) is 0 Å². The van der Waals surface area contributed by atoms with Gasteiger partial charge in [0, 0.05) is 57.3 Å². The Kier molecular flexibility index (Phi) is 9.96. The number of aromatic nitrogens is 2. The van der Waals surface area contributed by atoms with Crippen molar-refractivity contribution in [3.8, 4) is 17.1 Å². The van der Waals surface area contributed by atoms with Crippen molar-refractivity contribution in [2.75, 3.05) is 46.0 Å². The van der Waals surface area contributed by atoms with E-state index in [0.717, 1.165) is 62.7 Å². The lowest BCUT2D eigenvalue weighted by Gasteiger charge is -2.30. The molecule has 202 valence electrons. The molecule has 1 aromatic heterocycles. The van der Waals surface area contributed by atoms with E-state index < -0.39 is 6.04 Å². The fourth-order valence-electron chi connectivity index (χ4n) is 5.05. The van der Waals surface area contributed by atoms with E-state index >= 15 is 0 Å². The average molecular weight is 512 g/mol. The van der Waals surface area contributed by atoms with Crippen molar-refractivity contribution >= 4 is 11.8 Å². The molecule has 0 spiro atoms. The molecule has 9 nitrogen and oxygen atoms in total. The van der Waals surface area contributed by atoms with Gasteiger partial charge >= 0.3 is 0 Å². The van der Waals surface area contributed by atoms with Crippen LogP contribution in [0.2, 0.25) is 0 Å². The molecule has 2 bridgehead atoms. The molecule has 2 aliphatic rings. The van der Waals surface area contributed by atoms with Crippen molar-refractivity contribution < 1.29 is 19.1 Å². The Hall–Kier alpha value is -2.91. The summed E-state index contributed by atoms with van der Waals surface area (Å²) >= 11 is 0. The van der Waals surface area contributed by atoms with E-state index in [1.807, 2.05) is 35.0 Å². The first-order valence-corrected chi connectivity index (χ1v) is 13.6. The minimum absolute atomic E-state index is 0.112. The van der Waals surface area contributed by atoms with E-state index in [1.54, 1.807) is 6.20 Å². The molecular formula is C28H41N5O4. The second kappa shape index (κ2) is 13.6. The molecule has 2 aromatic rings. The fraction of sp³-hybridized carbons (Fsp3) is 0.607. The Morgan fingerprint density at radius 2 is 1.97 bits per heavy atom. The van der Waals surface area contributed by atoms with Crippen LogP contribution >= 0.6 is 0 Å². The molecule has 2 N–H and O–H groups in total. The standard InChI is InChI=1S/C28H41N5O4/c1-21(2)17-25-28(35)30-10-13-33-12-9-29-27(33)23-5-3-6-24(18-23)37-14-4-11-32(20-26(34)31-25)19-22-7-15-36-16-8-22/h3,5-6,9,12,18,21-22,25H,4,7-8,10-11,13-17,19-20H2,1-2H3,(H,30,35)(H,31,34)/t25-/m1/s1. The number of amides is 2. The Labute approximate surface area is 219 Å². The van der Waals surface area contributed by atoms with E-state index in [4.69, 9.17) is 9.47 Å². The summed E-state index contributed by atoms with van der Waals surface area (Å²) < 4.78 is 13.6. The molecule has 1 aromatic carbocycles. The number of carbonyl (C=O) groups is 2. The number of fused-ring (bicyclic) bond motifs is 4. The number of carbonyl (C=O) groups excluding carboxylic acids is 2. The number of hydrogen-bond donors (Lipinski definition) is 2. The lowest BCUT2D eigenvalue weighted by molar-refractivity contribution is -0.130. The van der Waals surface area contributed by atoms with Gasteiger partial charge in [0.15, 0.2) is 0 Å². The Balaban J connectivity index is 1.51. The van der Waals surface area contributed by atoms with Crippen LogP contribution in [0.4, 0.5) is 0 Å². The van der Waals surface area contributed by atoms with Gasteiger partial charge in [0.05, 0.1) is 13.2 Å². The molecule has 1 fully saturated rings. The second-order valence-electron chi connectivity index (χ2n) is 10.5. The summed E-state index contributed by atoms with van der Waals surface area (Å²) in [7, 11) is 0. The van der Waals surface area contributed by atoms with E-state index in [9.17, 15) is 9.59 Å². The van der Waals surface area contributed by atoms with Crippen molar-refractivity contribution in [1.29, 1.82) is 0 Å². The van der Waals surface area contributed by atoms with Crippen LogP contribution < -0.4 is 15.4 Å². The first kappa shape index (κ1) is 27.1. The summed E-state index contributed by atoms with van der Waals surface area (Å²) in [4.78, 5) is 32.9. The van der Waals surface area contributed by atoms with Crippen molar-refractivity contribution in [2.24, 2.45) is 11.8 Å². The van der Waals surface area contributed by atoms with Crippen LogP contribution in [0.15, 0.2) is 36.7 Å². The summed E-state index contributed by atoms with van der Waals surface area (Å²) in [5.41, 5.74) is 0.973. The Morgan fingerprint density at radius 3 is 2.78 bits per heavy atom. The molecule has 2 aliphatic heterocycles. The molecule has 0 aliphatic carbocycles. The summed E-state index contributed by atoms with van der Waals surface area (Å²) in [6, 6.07) is 7.40. The third-order valence-corrected chi connectivity index (χ3v) is 6.93. The van der Waals surface area contributed by atoms with Crippen LogP contribution in [0, 0.1) is 11.8 Å². The average Bonchev–Trinajstić information content (AvgIpc) is 3.35. The predicted octanol–water partition coefficient (Wildman–Crippen LogP) is 2.71. The van der Waals surface area contributed by atoms with Gasteiger partial charge in [0.25, 0.3) is 0 Å². The van der Waals surface area contributed by atoms with Gasteiger partial charge in [-0.1, -0.05) is 26.0 Å². The van der Waals surface area contributed by atoms with Gasteiger partial charge in [-0.15, -0.1) is 0 Å². The van der Waals surface area contributed by atoms with Gasteiger partial charge in [-0.3, -0.25) is 14.5 Å². The molecule has 1 saturated heterocycles. The maximum Gasteiger partial charge on any atom is 0.242 e. The van der Waals surface area contributed by atoms with Crippen LogP contribution in [-0.2, 0) is 20.9 Å². The van der Waals surface area contributed by atoms with Gasteiger partial charge in [-0.25, -0.2) is 4.98 Å². The number of rotatable bonds is 4. The maximum atomic E-state index is 13.1. The molecule has 37 heavy (non-hydrogen) atoms. The zero-order valence-corrected chi connectivity index (χ0v) is 22.2. The topological polar surface area (TPSA) is 97.7 Å². The number of nitrogens with zero attached hydrogens (tertiary/aromatic N) is 3. The van der Waals surface area contributed by atoms with Gasteiger partial charge in [-0.2, -0.15) is 0 Å². The number of nitrogens with one attached hydrogen (secondary N) is 2. The molecule has 1 atom stereocenters. The third kappa shape index (κ3) is 8.30. The molecule has 2 amide bonds. The van der Waals surface area contributed by atoms with Crippen LogP contribution in [-0.4, -0.2) is 78.3 Å². The molecule has 0 unspecified atom stereocenters. The monoisotopic (exact) mass is 511 g/mol. The maximum absolute atomic E-state index is 13.1. The van der Waals surface area contributed by atoms with Gasteiger partial charge < -0.3 is 24.7 Å². The zero-order valence-electron chi connectivity index (χ0n) is 22.2. The lowest BCUT2D eigenvalue weighted by atomic mass is 9.99. The van der Waals surface area contributed by atoms with Crippen molar-refractivity contribution in [1.82, 2.24) is 25.1 Å². The van der Waals surface area contributed by atoms with Crippen molar-refractivity contribution in [3.05, 3.63) is 36.7 Å². The Morgan fingerprint density at radius 1 is 1.14 bits per heavy atom. The van der Waals surface area contributed by atoms with Crippen LogP contribution in [0.1, 0.15) is 39.5 Å². The Bertz CT molecular complexity index is 1020. The molecular weight excluding hydrogens is 470 g/mol. The van der Waals surface area contributed by atoms with E-state index in [-0.39, 0.29) is 24.3 Å². The minimum Gasteiger partial charge on any atom is -0.494 e. The smallest absolute Gasteiger partial charge is 0.242 e. The zero-order chi connectivity index (χ0) is 26.0. The summed E-state index contributed by atoms with van der Waals surface area (Å²) in [5.74, 6) is 2.16. The van der Waals surface area contributed by atoms with E-state index in [0.29, 0.717) is 32.0 Å². The van der Waals surface area contributed by atoms with Gasteiger partial charge in [0.2, 0.25) is 11.8 Å². The van der Waals surface area contributed by atoms with Crippen LogP contribution in [0.25, 0.3) is 11.4 Å². The largest absolute Gasteiger partial charge is 0.494 e. The second-order valence-corrected chi connectivity index (χ2v) is 10.5. The SMILES string of the molecule is CC(C)C[C@H]1NC(=O)CN(CC2CCOCC2)CCCOc2cccc(c2)-c2nccn2CCNC1=O. The summed E-state index contributed by atoms with van der Waals surface area (Å²) in [5, 5.41) is 6.04. The van der Waals surface area contributed by atoms with E-state index in [1.165, 1.54) is 0 Å². The highest BCUT2D eigenvalue weighted by Crippen LogP contribution is 2.23. The highest BCUT2D eigenvalue weighted by molar-refractivity contribution is 5.88. The number of benzene rings is 1. The number of ether oxygens (including phenoxy) is 2. The molecule has 4 rings (SSSR count). The normalized spacial score (nSPS) is 21.3.